The van der Waals surface area contributed by atoms with Crippen LogP contribution in [0.15, 0.2) is 0 Å². The second kappa shape index (κ2) is 3.89. The Kier molecular flexibility index (Phi) is 2.89. The van der Waals surface area contributed by atoms with Gasteiger partial charge in [0.05, 0.1) is 0 Å². The number of nitrogens with zero attached hydrogens (tertiary/aromatic N) is 1. The molecular formula is C13H23NO. The van der Waals surface area contributed by atoms with Crippen LogP contribution in [-0.4, -0.2) is 29.3 Å². The lowest BCUT2D eigenvalue weighted by Crippen LogP contribution is -2.47. The first-order valence-electron chi connectivity index (χ1n) is 6.27. The molecule has 15 heavy (non-hydrogen) atoms. The molecule has 1 aliphatic heterocycles. The van der Waals surface area contributed by atoms with Crippen molar-refractivity contribution >= 4 is 5.78 Å². The quantitative estimate of drug-likeness (QED) is 0.696. The van der Waals surface area contributed by atoms with Crippen molar-refractivity contribution in [3.05, 3.63) is 0 Å². The van der Waals surface area contributed by atoms with Crippen LogP contribution in [0.3, 0.4) is 0 Å². The van der Waals surface area contributed by atoms with Gasteiger partial charge in [0.25, 0.3) is 0 Å². The van der Waals surface area contributed by atoms with E-state index in [9.17, 15) is 4.79 Å². The number of carbonyl (C=O) groups is 1. The van der Waals surface area contributed by atoms with Crippen molar-refractivity contribution in [2.75, 3.05) is 13.1 Å². The van der Waals surface area contributed by atoms with Crippen molar-refractivity contribution in [2.24, 2.45) is 11.8 Å². The predicted molar refractivity (Wildman–Crippen MR) is 61.8 cm³/mol. The van der Waals surface area contributed by atoms with Crippen molar-refractivity contribution in [2.45, 2.75) is 52.0 Å². The largest absolute Gasteiger partial charge is 0.299 e. The first kappa shape index (κ1) is 11.1. The Morgan fingerprint density at radius 1 is 1.00 bits per heavy atom. The molecule has 0 radical (unpaired) electrons. The summed E-state index contributed by atoms with van der Waals surface area (Å²) >= 11 is 0. The minimum atomic E-state index is 0.271. The Balaban J connectivity index is 1.83. The van der Waals surface area contributed by atoms with Crippen LogP contribution in [0.4, 0.5) is 0 Å². The van der Waals surface area contributed by atoms with Gasteiger partial charge in [-0.3, -0.25) is 9.69 Å². The van der Waals surface area contributed by atoms with Crippen LogP contribution in [0.5, 0.6) is 0 Å². The molecule has 0 bridgehead atoms. The van der Waals surface area contributed by atoms with Crippen molar-refractivity contribution in [1.29, 1.82) is 0 Å². The summed E-state index contributed by atoms with van der Waals surface area (Å²) in [5.41, 5.74) is 0.271. The number of hydrogen-bond donors (Lipinski definition) is 0. The maximum absolute atomic E-state index is 11.9. The molecule has 2 rings (SSSR count). The van der Waals surface area contributed by atoms with E-state index in [0.717, 1.165) is 38.8 Å². The second-order valence-corrected chi connectivity index (χ2v) is 6.11. The van der Waals surface area contributed by atoms with Gasteiger partial charge in [-0.1, -0.05) is 0 Å². The molecule has 0 aromatic heterocycles. The molecule has 1 saturated carbocycles. The number of carbonyl (C=O) groups excluding carboxylic acids is 1. The Labute approximate surface area is 93.0 Å². The van der Waals surface area contributed by atoms with Crippen molar-refractivity contribution in [1.82, 2.24) is 4.90 Å². The highest BCUT2D eigenvalue weighted by Gasteiger charge is 2.37. The zero-order valence-electron chi connectivity index (χ0n) is 10.3. The Bertz CT molecular complexity index is 242. The number of ketones is 1. The van der Waals surface area contributed by atoms with Crippen molar-refractivity contribution < 1.29 is 4.79 Å². The lowest BCUT2D eigenvalue weighted by molar-refractivity contribution is -0.126. The van der Waals surface area contributed by atoms with Crippen LogP contribution < -0.4 is 0 Å². The minimum absolute atomic E-state index is 0.271. The number of piperidine rings is 1. The molecule has 0 spiro atoms. The van der Waals surface area contributed by atoms with Gasteiger partial charge in [0.1, 0.15) is 5.78 Å². The zero-order valence-corrected chi connectivity index (χ0v) is 10.3. The SMILES string of the molecule is CC(C)(C)N1CCC(C(=O)C2CC2)CC1. The molecule has 0 atom stereocenters. The summed E-state index contributed by atoms with van der Waals surface area (Å²) in [5, 5.41) is 0. The third kappa shape index (κ3) is 2.60. The van der Waals surface area contributed by atoms with Gasteiger partial charge in [-0.25, -0.2) is 0 Å². The summed E-state index contributed by atoms with van der Waals surface area (Å²) in [4.78, 5) is 14.4. The minimum Gasteiger partial charge on any atom is -0.299 e. The predicted octanol–water partition coefficient (Wildman–Crippen LogP) is 2.48. The molecule has 86 valence electrons. The molecule has 2 heteroatoms. The molecule has 2 nitrogen and oxygen atoms in total. The van der Waals surface area contributed by atoms with Gasteiger partial charge in [0.15, 0.2) is 0 Å². The summed E-state index contributed by atoms with van der Waals surface area (Å²) in [5.74, 6) is 1.41. The van der Waals surface area contributed by atoms with E-state index in [2.05, 4.69) is 25.7 Å². The highest BCUT2D eigenvalue weighted by molar-refractivity contribution is 5.85. The number of rotatable bonds is 2. The highest BCUT2D eigenvalue weighted by Crippen LogP contribution is 2.36. The lowest BCUT2D eigenvalue weighted by Gasteiger charge is -2.40. The maximum atomic E-state index is 11.9. The van der Waals surface area contributed by atoms with Crippen LogP contribution in [0.25, 0.3) is 0 Å². The molecule has 2 aliphatic rings. The monoisotopic (exact) mass is 209 g/mol. The van der Waals surface area contributed by atoms with Crippen molar-refractivity contribution in [3.8, 4) is 0 Å². The number of hydrogen-bond acceptors (Lipinski definition) is 2. The van der Waals surface area contributed by atoms with Crippen LogP contribution in [0, 0.1) is 11.8 Å². The van der Waals surface area contributed by atoms with Gasteiger partial charge < -0.3 is 0 Å². The van der Waals surface area contributed by atoms with E-state index < -0.39 is 0 Å². The maximum Gasteiger partial charge on any atom is 0.139 e. The topological polar surface area (TPSA) is 20.3 Å². The van der Waals surface area contributed by atoms with Gasteiger partial charge in [-0.15, -0.1) is 0 Å². The molecule has 0 N–H and O–H groups in total. The Morgan fingerprint density at radius 2 is 1.47 bits per heavy atom. The van der Waals surface area contributed by atoms with Crippen LogP contribution >= 0.6 is 0 Å². The molecule has 2 fully saturated rings. The summed E-state index contributed by atoms with van der Waals surface area (Å²) in [7, 11) is 0. The summed E-state index contributed by atoms with van der Waals surface area (Å²) in [6.07, 6.45) is 4.51. The Hall–Kier alpha value is -0.370. The number of likely N-dealkylation sites (tertiary alicyclic amines) is 1. The van der Waals surface area contributed by atoms with E-state index in [4.69, 9.17) is 0 Å². The van der Waals surface area contributed by atoms with Gasteiger partial charge >= 0.3 is 0 Å². The standard InChI is InChI=1S/C13H23NO/c1-13(2,3)14-8-6-11(7-9-14)12(15)10-4-5-10/h10-11H,4-9H2,1-3H3. The lowest BCUT2D eigenvalue weighted by atomic mass is 9.88. The average molecular weight is 209 g/mol. The first-order chi connectivity index (χ1) is 6.98. The molecule has 1 aliphatic carbocycles. The third-order valence-electron chi connectivity index (χ3n) is 3.83. The van der Waals surface area contributed by atoms with Crippen molar-refractivity contribution in [3.63, 3.8) is 0 Å². The third-order valence-corrected chi connectivity index (χ3v) is 3.83. The zero-order chi connectivity index (χ0) is 11.1. The van der Waals surface area contributed by atoms with Gasteiger partial charge in [0.2, 0.25) is 0 Å². The fraction of sp³-hybridized carbons (Fsp3) is 0.923. The van der Waals surface area contributed by atoms with Crippen LogP contribution in [0.2, 0.25) is 0 Å². The normalized spacial score (nSPS) is 25.5. The summed E-state index contributed by atoms with van der Waals surface area (Å²) in [6, 6.07) is 0. The van der Waals surface area contributed by atoms with E-state index >= 15 is 0 Å². The molecule has 0 unspecified atom stereocenters. The van der Waals surface area contributed by atoms with E-state index in [-0.39, 0.29) is 5.54 Å². The van der Waals surface area contributed by atoms with Gasteiger partial charge in [0, 0.05) is 17.4 Å². The van der Waals surface area contributed by atoms with E-state index in [1.165, 1.54) is 0 Å². The van der Waals surface area contributed by atoms with Crippen LogP contribution in [-0.2, 0) is 4.79 Å². The van der Waals surface area contributed by atoms with Gasteiger partial charge in [-0.05, 0) is 59.5 Å². The molecule has 0 aromatic rings. The number of Topliss-reactive ketones (excluding diaryl/α,β-unsaturated/α-hetero) is 1. The van der Waals surface area contributed by atoms with Crippen LogP contribution in [0.1, 0.15) is 46.5 Å². The fourth-order valence-corrected chi connectivity index (χ4v) is 2.54. The average Bonchev–Trinajstić information content (AvgIpc) is 2.99. The molecule has 0 amide bonds. The summed E-state index contributed by atoms with van der Waals surface area (Å²) in [6.45, 7) is 8.99. The van der Waals surface area contributed by atoms with Gasteiger partial charge in [-0.2, -0.15) is 0 Å². The molecule has 1 heterocycles. The van der Waals surface area contributed by atoms with E-state index in [1.807, 2.05) is 0 Å². The highest BCUT2D eigenvalue weighted by atomic mass is 16.1. The fourth-order valence-electron chi connectivity index (χ4n) is 2.54. The molecular weight excluding hydrogens is 186 g/mol. The molecule has 0 aromatic carbocycles. The Morgan fingerprint density at radius 3 is 1.87 bits per heavy atom. The summed E-state index contributed by atoms with van der Waals surface area (Å²) < 4.78 is 0. The first-order valence-corrected chi connectivity index (χ1v) is 6.27. The van der Waals surface area contributed by atoms with E-state index in [1.54, 1.807) is 0 Å². The second-order valence-electron chi connectivity index (χ2n) is 6.11. The molecule has 1 saturated heterocycles. The van der Waals surface area contributed by atoms with E-state index in [0.29, 0.717) is 17.6 Å². The smallest absolute Gasteiger partial charge is 0.139 e.